The van der Waals surface area contributed by atoms with Crippen LogP contribution < -0.4 is 5.32 Å². The van der Waals surface area contributed by atoms with Crippen molar-refractivity contribution in [2.24, 2.45) is 0 Å². The third-order valence-electron chi connectivity index (χ3n) is 3.42. The molecule has 0 bridgehead atoms. The smallest absolute Gasteiger partial charge is 0.356 e. The molecule has 0 atom stereocenters. The van der Waals surface area contributed by atoms with Gasteiger partial charge in [0.25, 0.3) is 0 Å². The number of alkyl halides is 3. The Bertz CT molecular complexity index is 902. The molecule has 1 N–H and O–H groups in total. The number of nitrogens with zero attached hydrogens (tertiary/aromatic N) is 2. The molecule has 7 heteroatoms. The van der Waals surface area contributed by atoms with Gasteiger partial charge in [-0.3, -0.25) is 0 Å². The highest BCUT2D eigenvalue weighted by molar-refractivity contribution is 5.94. The van der Waals surface area contributed by atoms with E-state index in [0.29, 0.717) is 22.1 Å². The fraction of sp³-hybridized carbons (Fsp3) is 0.0588. The molecule has 3 nitrogen and oxygen atoms in total. The third kappa shape index (κ3) is 3.19. The summed E-state index contributed by atoms with van der Waals surface area (Å²) in [6, 6.07) is 10.5. The van der Waals surface area contributed by atoms with E-state index in [1.54, 1.807) is 24.3 Å². The minimum atomic E-state index is -4.58. The van der Waals surface area contributed by atoms with E-state index in [0.717, 1.165) is 0 Å². The molecule has 3 aromatic rings. The molecule has 0 aliphatic heterocycles. The Morgan fingerprint density at radius 1 is 1.00 bits per heavy atom. The van der Waals surface area contributed by atoms with Crippen LogP contribution in [-0.2, 0) is 0 Å². The Hall–Kier alpha value is -2.96. The summed E-state index contributed by atoms with van der Waals surface area (Å²) in [5.41, 5.74) is -0.0588. The Morgan fingerprint density at radius 3 is 2.33 bits per heavy atom. The van der Waals surface area contributed by atoms with E-state index < -0.39 is 11.7 Å². The molecular formula is C17H11F4N3. The number of anilines is 2. The first-order valence-corrected chi connectivity index (χ1v) is 6.89. The van der Waals surface area contributed by atoms with Crippen molar-refractivity contribution in [2.45, 2.75) is 6.18 Å². The molecule has 0 fully saturated rings. The quantitative estimate of drug-likeness (QED) is 0.679. The molecule has 0 radical (unpaired) electrons. The zero-order valence-electron chi connectivity index (χ0n) is 12.2. The average molecular weight is 333 g/mol. The summed E-state index contributed by atoms with van der Waals surface area (Å²) < 4.78 is 51.5. The van der Waals surface area contributed by atoms with Crippen molar-refractivity contribution in [1.29, 1.82) is 0 Å². The second-order valence-electron chi connectivity index (χ2n) is 5.10. The normalized spacial score (nSPS) is 11.5. The molecule has 1 aromatic heterocycles. The number of halogens is 4. The first kappa shape index (κ1) is 15.9. The highest BCUT2D eigenvalue weighted by Gasteiger charge is 2.35. The van der Waals surface area contributed by atoms with Gasteiger partial charge in [0.1, 0.15) is 11.5 Å². The molecule has 122 valence electrons. The summed E-state index contributed by atoms with van der Waals surface area (Å²) in [5.74, 6) is -0.357. The molecule has 0 saturated heterocycles. The van der Waals surface area contributed by atoms with E-state index in [1.807, 2.05) is 0 Å². The number of allylic oxidation sites excluding steroid dienone is 1. The zero-order chi connectivity index (χ0) is 17.3. The number of fused-ring (bicyclic) bond motifs is 1. The number of benzene rings is 2. The predicted molar refractivity (Wildman–Crippen MR) is 84.3 cm³/mol. The highest BCUT2D eigenvalue weighted by Crippen LogP contribution is 2.35. The first-order chi connectivity index (χ1) is 11.3. The second kappa shape index (κ2) is 5.92. The Labute approximate surface area is 134 Å². The van der Waals surface area contributed by atoms with Gasteiger partial charge in [-0.2, -0.15) is 18.3 Å². The summed E-state index contributed by atoms with van der Waals surface area (Å²) in [6.45, 7) is 3.07. The monoisotopic (exact) mass is 333 g/mol. The van der Waals surface area contributed by atoms with Gasteiger partial charge in [0.15, 0.2) is 0 Å². The van der Waals surface area contributed by atoms with E-state index in [4.69, 9.17) is 0 Å². The average Bonchev–Trinajstić information content (AvgIpc) is 2.55. The number of nitrogens with one attached hydrogen (secondary N) is 1. The van der Waals surface area contributed by atoms with Crippen molar-refractivity contribution < 1.29 is 17.6 Å². The summed E-state index contributed by atoms with van der Waals surface area (Å²) in [6.07, 6.45) is -3.20. The fourth-order valence-corrected chi connectivity index (χ4v) is 2.22. The number of aromatic nitrogens is 2. The summed E-state index contributed by atoms with van der Waals surface area (Å²) >= 11 is 0. The van der Waals surface area contributed by atoms with Crippen LogP contribution in [-0.4, -0.2) is 16.4 Å². The fourth-order valence-electron chi connectivity index (χ4n) is 2.22. The molecular weight excluding hydrogens is 322 g/mol. The van der Waals surface area contributed by atoms with E-state index >= 15 is 0 Å². The molecule has 2 aromatic carbocycles. The van der Waals surface area contributed by atoms with Gasteiger partial charge in [-0.1, -0.05) is 12.6 Å². The predicted octanol–water partition coefficient (Wildman–Crippen LogP) is 5.09. The second-order valence-corrected chi connectivity index (χ2v) is 5.10. The van der Waals surface area contributed by atoms with Crippen molar-refractivity contribution in [2.75, 3.05) is 5.32 Å². The van der Waals surface area contributed by atoms with Crippen LogP contribution >= 0.6 is 0 Å². The maximum absolute atomic E-state index is 12.9. The Balaban J connectivity index is 1.98. The van der Waals surface area contributed by atoms with Gasteiger partial charge in [-0.05, 0) is 36.4 Å². The molecule has 3 rings (SSSR count). The molecule has 0 aliphatic rings. The van der Waals surface area contributed by atoms with Crippen molar-refractivity contribution in [1.82, 2.24) is 10.2 Å². The molecule has 0 unspecified atom stereocenters. The van der Waals surface area contributed by atoms with E-state index in [-0.39, 0.29) is 11.5 Å². The SMILES string of the molecule is C=C(c1nncc2cc(Nc3ccc(F)cc3)ccc12)C(F)(F)F. The maximum atomic E-state index is 12.9. The van der Waals surface area contributed by atoms with Crippen LogP contribution in [0.2, 0.25) is 0 Å². The highest BCUT2D eigenvalue weighted by atomic mass is 19.4. The van der Waals surface area contributed by atoms with Gasteiger partial charge in [-0.15, -0.1) is 5.10 Å². The van der Waals surface area contributed by atoms with Crippen molar-refractivity contribution in [3.05, 3.63) is 66.8 Å². The topological polar surface area (TPSA) is 37.8 Å². The largest absolute Gasteiger partial charge is 0.418 e. The summed E-state index contributed by atoms with van der Waals surface area (Å²) in [7, 11) is 0. The van der Waals surface area contributed by atoms with Crippen molar-refractivity contribution in [3.63, 3.8) is 0 Å². The number of rotatable bonds is 3. The summed E-state index contributed by atoms with van der Waals surface area (Å²) in [4.78, 5) is 0. The van der Waals surface area contributed by atoms with E-state index in [2.05, 4.69) is 22.1 Å². The molecule has 0 aliphatic carbocycles. The standard InChI is InChI=1S/C17H11F4N3/c1-10(17(19,20)21)16-15-7-6-14(8-11(15)9-22-24-16)23-13-4-2-12(18)3-5-13/h2-9,23H,1H2. The van der Waals surface area contributed by atoms with Crippen LogP contribution in [0.4, 0.5) is 28.9 Å². The zero-order valence-corrected chi connectivity index (χ0v) is 12.2. The van der Waals surface area contributed by atoms with Crippen molar-refractivity contribution >= 4 is 27.7 Å². The minimum Gasteiger partial charge on any atom is -0.356 e. The van der Waals surface area contributed by atoms with E-state index in [1.165, 1.54) is 24.4 Å². The lowest BCUT2D eigenvalue weighted by Crippen LogP contribution is -2.11. The number of hydrogen-bond acceptors (Lipinski definition) is 3. The third-order valence-corrected chi connectivity index (χ3v) is 3.42. The molecule has 0 spiro atoms. The summed E-state index contributed by atoms with van der Waals surface area (Å²) in [5, 5.41) is 11.0. The molecule has 0 amide bonds. The lowest BCUT2D eigenvalue weighted by atomic mass is 10.1. The van der Waals surface area contributed by atoms with Crippen LogP contribution in [0.25, 0.3) is 16.3 Å². The van der Waals surface area contributed by atoms with Crippen molar-refractivity contribution in [3.8, 4) is 0 Å². The van der Waals surface area contributed by atoms with Gasteiger partial charge < -0.3 is 5.32 Å². The lowest BCUT2D eigenvalue weighted by molar-refractivity contribution is -0.0688. The van der Waals surface area contributed by atoms with E-state index in [9.17, 15) is 17.6 Å². The molecule has 24 heavy (non-hydrogen) atoms. The molecule has 1 heterocycles. The van der Waals surface area contributed by atoms with Crippen LogP contribution in [0.5, 0.6) is 0 Å². The van der Waals surface area contributed by atoms with Gasteiger partial charge in [-0.25, -0.2) is 4.39 Å². The Morgan fingerprint density at radius 2 is 1.67 bits per heavy atom. The van der Waals surface area contributed by atoms with Crippen LogP contribution in [0, 0.1) is 5.82 Å². The number of hydrogen-bond donors (Lipinski definition) is 1. The Kier molecular flexibility index (Phi) is 3.92. The van der Waals surface area contributed by atoms with Gasteiger partial charge >= 0.3 is 6.18 Å². The first-order valence-electron chi connectivity index (χ1n) is 6.89. The van der Waals surface area contributed by atoms with Crippen LogP contribution in [0.3, 0.4) is 0 Å². The van der Waals surface area contributed by atoms with Gasteiger partial charge in [0, 0.05) is 22.1 Å². The van der Waals surface area contributed by atoms with Gasteiger partial charge in [0.2, 0.25) is 0 Å². The maximum Gasteiger partial charge on any atom is 0.418 e. The molecule has 0 saturated carbocycles. The van der Waals surface area contributed by atoms with Crippen LogP contribution in [0.1, 0.15) is 5.69 Å². The lowest BCUT2D eigenvalue weighted by Gasteiger charge is -2.12. The minimum absolute atomic E-state index is 0.298. The van der Waals surface area contributed by atoms with Crippen LogP contribution in [0.15, 0.2) is 55.2 Å². The van der Waals surface area contributed by atoms with Gasteiger partial charge in [0.05, 0.1) is 11.8 Å².